The van der Waals surface area contributed by atoms with Gasteiger partial charge in [0.15, 0.2) is 0 Å². The molecule has 4 rings (SSSR count). The van der Waals surface area contributed by atoms with Gasteiger partial charge >= 0.3 is 0 Å². The Kier molecular flexibility index (Phi) is 8.62. The zero-order valence-corrected chi connectivity index (χ0v) is 22.3. The number of carbonyl (C=O) groups is 1. The van der Waals surface area contributed by atoms with Crippen LogP contribution < -0.4 is 19.5 Å². The summed E-state index contributed by atoms with van der Waals surface area (Å²) in [6, 6.07) is 20.4. The average molecular weight is 552 g/mol. The molecule has 2 N–H and O–H groups in total. The third-order valence-electron chi connectivity index (χ3n) is 5.78. The summed E-state index contributed by atoms with van der Waals surface area (Å²) >= 11 is 6.18. The Hall–Kier alpha value is -3.92. The predicted molar refractivity (Wildman–Crippen MR) is 147 cm³/mol. The summed E-state index contributed by atoms with van der Waals surface area (Å²) in [4.78, 5) is 16.8. The van der Waals surface area contributed by atoms with E-state index in [0.717, 1.165) is 0 Å². The average Bonchev–Trinajstić information content (AvgIpc) is 2.93. The molecule has 0 unspecified atom stereocenters. The quantitative estimate of drug-likeness (QED) is 0.285. The normalized spacial score (nSPS) is 11.1. The smallest absolute Gasteiger partial charge is 0.241 e. The number of nitrogens with one attached hydrogen (secondary N) is 2. The minimum atomic E-state index is -4.04. The van der Waals surface area contributed by atoms with E-state index in [1.54, 1.807) is 79.1 Å². The van der Waals surface area contributed by atoms with Crippen LogP contribution in [0.1, 0.15) is 11.1 Å². The number of nitrogens with zero attached hydrogens (tertiary/aromatic N) is 1. The molecule has 0 radical (unpaired) electrons. The molecule has 8 nitrogen and oxygen atoms in total. The molecule has 1 aromatic heterocycles. The molecule has 0 atom stereocenters. The molecule has 0 aliphatic heterocycles. The first-order valence-corrected chi connectivity index (χ1v) is 13.4. The van der Waals surface area contributed by atoms with Gasteiger partial charge < -0.3 is 14.8 Å². The van der Waals surface area contributed by atoms with Crippen molar-refractivity contribution in [3.8, 4) is 22.6 Å². The summed E-state index contributed by atoms with van der Waals surface area (Å²) < 4.78 is 40.4. The van der Waals surface area contributed by atoms with E-state index in [-0.39, 0.29) is 23.8 Å². The molecule has 38 heavy (non-hydrogen) atoms. The van der Waals surface area contributed by atoms with E-state index in [9.17, 15) is 13.2 Å². The van der Waals surface area contributed by atoms with Gasteiger partial charge in [-0.3, -0.25) is 9.78 Å². The number of hydrogen-bond acceptors (Lipinski definition) is 6. The number of carbonyl (C=O) groups excluding carboxylic acids is 1. The Morgan fingerprint density at radius 2 is 1.76 bits per heavy atom. The highest BCUT2D eigenvalue weighted by Gasteiger charge is 2.22. The zero-order chi connectivity index (χ0) is 27.1. The fourth-order valence-electron chi connectivity index (χ4n) is 3.85. The second-order valence-corrected chi connectivity index (χ2v) is 10.4. The summed E-state index contributed by atoms with van der Waals surface area (Å²) in [5.74, 6) is 0.749. The SMILES string of the molecule is COc1ccc(CNS(=O)(=O)c2cc(NC(=O)Cc3ccccc3Cl)ccc2-c2cccnc2)c(OC)c1. The highest BCUT2D eigenvalue weighted by Crippen LogP contribution is 2.31. The zero-order valence-electron chi connectivity index (χ0n) is 20.8. The molecule has 0 saturated carbocycles. The molecule has 0 fully saturated rings. The van der Waals surface area contributed by atoms with E-state index in [2.05, 4.69) is 15.0 Å². The number of anilines is 1. The van der Waals surface area contributed by atoms with Crippen LogP contribution in [0.15, 0.2) is 90.1 Å². The molecule has 1 heterocycles. The predicted octanol–water partition coefficient (Wildman–Crippen LogP) is 5.08. The van der Waals surface area contributed by atoms with Crippen LogP contribution in [0.4, 0.5) is 5.69 Å². The fraction of sp³-hybridized carbons (Fsp3) is 0.143. The largest absolute Gasteiger partial charge is 0.497 e. The van der Waals surface area contributed by atoms with Gasteiger partial charge in [0.05, 0.1) is 25.5 Å². The van der Waals surface area contributed by atoms with E-state index >= 15 is 0 Å². The summed E-state index contributed by atoms with van der Waals surface area (Å²) in [6.45, 7) is -0.0227. The van der Waals surface area contributed by atoms with Gasteiger partial charge in [-0.05, 0) is 35.9 Å². The van der Waals surface area contributed by atoms with Crippen molar-refractivity contribution in [2.24, 2.45) is 0 Å². The lowest BCUT2D eigenvalue weighted by atomic mass is 10.1. The Balaban J connectivity index is 1.63. The van der Waals surface area contributed by atoms with Crippen molar-refractivity contribution >= 4 is 33.2 Å². The topological polar surface area (TPSA) is 107 Å². The van der Waals surface area contributed by atoms with Crippen molar-refractivity contribution in [3.63, 3.8) is 0 Å². The third kappa shape index (κ3) is 6.49. The van der Waals surface area contributed by atoms with E-state index in [4.69, 9.17) is 21.1 Å². The Bertz CT molecular complexity index is 1550. The van der Waals surface area contributed by atoms with Crippen molar-refractivity contribution < 1.29 is 22.7 Å². The van der Waals surface area contributed by atoms with Crippen LogP contribution in [0, 0.1) is 0 Å². The van der Waals surface area contributed by atoms with Crippen LogP contribution in [-0.2, 0) is 27.8 Å². The van der Waals surface area contributed by atoms with Gasteiger partial charge in [0.2, 0.25) is 15.9 Å². The first kappa shape index (κ1) is 27.1. The molecule has 3 aromatic carbocycles. The van der Waals surface area contributed by atoms with E-state index in [0.29, 0.717) is 44.5 Å². The van der Waals surface area contributed by atoms with Gasteiger partial charge in [0.1, 0.15) is 11.5 Å². The maximum atomic E-state index is 13.6. The van der Waals surface area contributed by atoms with Gasteiger partial charge in [-0.1, -0.05) is 48.0 Å². The maximum Gasteiger partial charge on any atom is 0.241 e. The number of sulfonamides is 1. The second kappa shape index (κ2) is 12.1. The van der Waals surface area contributed by atoms with Gasteiger partial charge in [0, 0.05) is 52.4 Å². The van der Waals surface area contributed by atoms with Crippen LogP contribution in [0.2, 0.25) is 5.02 Å². The minimum absolute atomic E-state index is 0.00600. The molecule has 0 aliphatic carbocycles. The minimum Gasteiger partial charge on any atom is -0.497 e. The number of aromatic nitrogens is 1. The number of pyridine rings is 1. The summed E-state index contributed by atoms with van der Waals surface area (Å²) in [5, 5.41) is 3.26. The van der Waals surface area contributed by atoms with Crippen molar-refractivity contribution in [1.82, 2.24) is 9.71 Å². The number of amides is 1. The van der Waals surface area contributed by atoms with E-state index < -0.39 is 10.0 Å². The van der Waals surface area contributed by atoms with Crippen LogP contribution >= 0.6 is 11.6 Å². The van der Waals surface area contributed by atoms with Crippen LogP contribution in [-0.4, -0.2) is 33.5 Å². The highest BCUT2D eigenvalue weighted by molar-refractivity contribution is 7.89. The number of methoxy groups -OCH3 is 2. The molecule has 0 aliphatic rings. The lowest BCUT2D eigenvalue weighted by Gasteiger charge is -2.15. The number of hydrogen-bond donors (Lipinski definition) is 2. The van der Waals surface area contributed by atoms with E-state index in [1.165, 1.54) is 20.3 Å². The van der Waals surface area contributed by atoms with Crippen molar-refractivity contribution in [1.29, 1.82) is 0 Å². The van der Waals surface area contributed by atoms with E-state index in [1.807, 2.05) is 0 Å². The Morgan fingerprint density at radius 3 is 2.47 bits per heavy atom. The molecular formula is C28H26ClN3O5S. The van der Waals surface area contributed by atoms with Crippen LogP contribution in [0.25, 0.3) is 11.1 Å². The van der Waals surface area contributed by atoms with Gasteiger partial charge in [-0.2, -0.15) is 0 Å². The first-order valence-electron chi connectivity index (χ1n) is 11.6. The molecular weight excluding hydrogens is 526 g/mol. The van der Waals surface area contributed by atoms with Crippen molar-refractivity contribution in [2.75, 3.05) is 19.5 Å². The number of ether oxygens (including phenoxy) is 2. The molecule has 4 aromatic rings. The van der Waals surface area contributed by atoms with Gasteiger partial charge in [-0.25, -0.2) is 13.1 Å². The third-order valence-corrected chi connectivity index (χ3v) is 7.59. The summed E-state index contributed by atoms with van der Waals surface area (Å²) in [6.07, 6.45) is 3.23. The first-order chi connectivity index (χ1) is 18.3. The molecule has 10 heteroatoms. The Labute approximate surface area is 226 Å². The lowest BCUT2D eigenvalue weighted by Crippen LogP contribution is -2.24. The Morgan fingerprint density at radius 1 is 0.947 bits per heavy atom. The molecule has 0 bridgehead atoms. The second-order valence-electron chi connectivity index (χ2n) is 8.27. The summed E-state index contributed by atoms with van der Waals surface area (Å²) in [5.41, 5.74) is 2.68. The lowest BCUT2D eigenvalue weighted by molar-refractivity contribution is -0.115. The standard InChI is InChI=1S/C28H26ClN3O5S/c1-36-23-11-9-21(26(16-23)37-2)18-31-38(34,35)27-15-22(10-12-24(27)20-7-5-13-30-17-20)32-28(33)14-19-6-3-4-8-25(19)29/h3-13,15-17,31H,14,18H2,1-2H3,(H,32,33). The number of halogens is 1. The molecule has 0 saturated heterocycles. The number of rotatable bonds is 10. The van der Waals surface area contributed by atoms with Gasteiger partial charge in [0.25, 0.3) is 0 Å². The molecule has 196 valence electrons. The monoisotopic (exact) mass is 551 g/mol. The summed E-state index contributed by atoms with van der Waals surface area (Å²) in [7, 11) is -0.998. The van der Waals surface area contributed by atoms with Crippen LogP contribution in [0.5, 0.6) is 11.5 Å². The number of benzene rings is 3. The molecule has 1 amide bonds. The van der Waals surface area contributed by atoms with Crippen molar-refractivity contribution in [2.45, 2.75) is 17.9 Å². The fourth-order valence-corrected chi connectivity index (χ4v) is 5.31. The maximum absolute atomic E-state index is 13.6. The molecule has 0 spiro atoms. The van der Waals surface area contributed by atoms with Crippen molar-refractivity contribution in [3.05, 3.63) is 101 Å². The van der Waals surface area contributed by atoms with Gasteiger partial charge in [-0.15, -0.1) is 0 Å². The highest BCUT2D eigenvalue weighted by atomic mass is 35.5. The van der Waals surface area contributed by atoms with Crippen LogP contribution in [0.3, 0.4) is 0 Å².